The molecule has 3 aromatic carbocycles. The van der Waals surface area contributed by atoms with Crippen molar-refractivity contribution in [2.24, 2.45) is 0 Å². The Morgan fingerprint density at radius 1 is 0.830 bits per heavy atom. The maximum Gasteiger partial charge on any atom is 0.362 e. The number of tetrazole rings is 1. The molecule has 274 valence electrons. The van der Waals surface area contributed by atoms with Gasteiger partial charge in [-0.05, 0) is 84.8 Å². The number of hydrogen-bond acceptors (Lipinski definition) is 8. The Hall–Kier alpha value is -6.06. The maximum atomic E-state index is 16.4. The average Bonchev–Trinajstić information content (AvgIpc) is 3.79. The van der Waals surface area contributed by atoms with E-state index in [1.165, 1.54) is 16.9 Å². The highest BCUT2D eigenvalue weighted by Crippen LogP contribution is 2.47. The molecule has 1 aliphatic heterocycles. The number of nitrogens with one attached hydrogen (secondary N) is 1. The monoisotopic (exact) mass is 728 g/mol. The van der Waals surface area contributed by atoms with E-state index in [0.717, 1.165) is 80.3 Å². The first-order valence-corrected chi connectivity index (χ1v) is 17.1. The summed E-state index contributed by atoms with van der Waals surface area (Å²) >= 11 is 0. The Labute approximate surface area is 300 Å². The lowest BCUT2D eigenvalue weighted by Crippen LogP contribution is -2.52. The van der Waals surface area contributed by atoms with Crippen molar-refractivity contribution in [3.63, 3.8) is 0 Å². The highest BCUT2D eigenvalue weighted by atomic mass is 19.3. The molecule has 0 amide bonds. The van der Waals surface area contributed by atoms with Gasteiger partial charge in [0.2, 0.25) is 0 Å². The van der Waals surface area contributed by atoms with E-state index in [2.05, 4.69) is 30.3 Å². The number of H-pyrrole nitrogens is 1. The highest BCUT2D eigenvalue weighted by Gasteiger charge is 2.58. The number of rotatable bonds is 10. The molecular weight excluding hydrogens is 692 g/mol. The van der Waals surface area contributed by atoms with E-state index < -0.39 is 40.0 Å². The van der Waals surface area contributed by atoms with Crippen LogP contribution in [0.25, 0.3) is 16.8 Å². The first-order valence-electron chi connectivity index (χ1n) is 17.1. The number of alkyl halides is 2. The molecule has 1 fully saturated rings. The summed E-state index contributed by atoms with van der Waals surface area (Å²) in [4.78, 5) is 33.9. The largest absolute Gasteiger partial charge is 0.368 e. The molecule has 7 rings (SSSR count). The van der Waals surface area contributed by atoms with E-state index in [4.69, 9.17) is 0 Å². The third-order valence-electron chi connectivity index (χ3n) is 10.1. The van der Waals surface area contributed by atoms with Crippen LogP contribution in [0.4, 0.5) is 28.9 Å². The molecule has 4 heterocycles. The van der Waals surface area contributed by atoms with Crippen molar-refractivity contribution in [2.45, 2.75) is 44.7 Å². The molecule has 1 aliphatic rings. The summed E-state index contributed by atoms with van der Waals surface area (Å²) in [7, 11) is 0. The minimum atomic E-state index is -4.00. The number of nitrogens with zero attached hydrogens (tertiary/aromatic N) is 9. The van der Waals surface area contributed by atoms with Crippen LogP contribution in [0.3, 0.4) is 0 Å². The maximum absolute atomic E-state index is 16.4. The predicted molar refractivity (Wildman–Crippen MR) is 191 cm³/mol. The molecule has 16 heteroatoms. The minimum Gasteiger partial charge on any atom is -0.368 e. The molecule has 12 nitrogen and oxygen atoms in total. The van der Waals surface area contributed by atoms with Gasteiger partial charge in [-0.3, -0.25) is 4.98 Å². The molecule has 1 saturated heterocycles. The van der Waals surface area contributed by atoms with Gasteiger partial charge in [-0.15, -0.1) is 0 Å². The average molecular weight is 729 g/mol. The standard InChI is InChI=1S/C37H36F4N10O2/c1-4-24(2)50-35(53)49(23-43-50)30-13-11-29(12-14-30)48-19-17-47(18-20-48)28-9-5-25(6-10-28)26-7-16-33(42-22-26)37(40,41)36(3,51-34(52)44-45-46-51)31-15-8-27(38)21-32(31)39/h5-16,21-24H,4,17-20H2,1-3H3,(H,44,46,52)/t24?,36-/m1/s1. The second-order valence-corrected chi connectivity index (χ2v) is 13.1. The lowest BCUT2D eigenvalue weighted by atomic mass is 9.83. The predicted octanol–water partition coefficient (Wildman–Crippen LogP) is 5.51. The second kappa shape index (κ2) is 13.8. The van der Waals surface area contributed by atoms with Crippen molar-refractivity contribution >= 4 is 11.4 Å². The third-order valence-corrected chi connectivity index (χ3v) is 10.1. The smallest absolute Gasteiger partial charge is 0.362 e. The summed E-state index contributed by atoms with van der Waals surface area (Å²) in [5, 5.41) is 13.0. The molecular formula is C37H36F4N10O2. The van der Waals surface area contributed by atoms with Gasteiger partial charge < -0.3 is 9.80 Å². The van der Waals surface area contributed by atoms with Crippen molar-refractivity contribution in [2.75, 3.05) is 36.0 Å². The summed E-state index contributed by atoms with van der Waals surface area (Å²) in [5.74, 6) is -6.25. The van der Waals surface area contributed by atoms with E-state index in [-0.39, 0.29) is 11.7 Å². The van der Waals surface area contributed by atoms with Crippen LogP contribution >= 0.6 is 0 Å². The van der Waals surface area contributed by atoms with Gasteiger partial charge in [0.05, 0.1) is 11.7 Å². The van der Waals surface area contributed by atoms with Crippen LogP contribution in [0.15, 0.2) is 101 Å². The van der Waals surface area contributed by atoms with E-state index in [1.807, 2.05) is 67.5 Å². The van der Waals surface area contributed by atoms with Gasteiger partial charge in [-0.1, -0.05) is 31.2 Å². The fourth-order valence-corrected chi connectivity index (χ4v) is 6.67. The zero-order chi connectivity index (χ0) is 37.5. The Morgan fingerprint density at radius 3 is 1.98 bits per heavy atom. The number of benzene rings is 3. The van der Waals surface area contributed by atoms with Gasteiger partial charge in [0.1, 0.15) is 23.7 Å². The minimum absolute atomic E-state index is 0.0226. The van der Waals surface area contributed by atoms with Gasteiger partial charge >= 0.3 is 17.3 Å². The lowest BCUT2D eigenvalue weighted by Gasteiger charge is -2.37. The molecule has 3 aromatic heterocycles. The number of hydrogen-bond donors (Lipinski definition) is 1. The van der Waals surface area contributed by atoms with Gasteiger partial charge in [0.15, 0.2) is 5.54 Å². The molecule has 0 saturated carbocycles. The highest BCUT2D eigenvalue weighted by molar-refractivity contribution is 5.66. The Morgan fingerprint density at radius 2 is 1.43 bits per heavy atom. The number of pyridine rings is 1. The Bertz CT molecular complexity index is 2330. The van der Waals surface area contributed by atoms with Crippen LogP contribution in [0.2, 0.25) is 0 Å². The van der Waals surface area contributed by atoms with Gasteiger partial charge in [0, 0.05) is 60.9 Å². The first kappa shape index (κ1) is 35.3. The summed E-state index contributed by atoms with van der Waals surface area (Å²) in [6.45, 7) is 8.02. The fraction of sp³-hybridized carbons (Fsp3) is 0.297. The zero-order valence-corrected chi connectivity index (χ0v) is 29.1. The summed E-state index contributed by atoms with van der Waals surface area (Å²) < 4.78 is 64.9. The van der Waals surface area contributed by atoms with Crippen LogP contribution in [-0.4, -0.2) is 65.7 Å². The van der Waals surface area contributed by atoms with Crippen molar-refractivity contribution in [1.82, 2.24) is 39.5 Å². The van der Waals surface area contributed by atoms with Crippen LogP contribution < -0.4 is 21.2 Å². The van der Waals surface area contributed by atoms with Crippen molar-refractivity contribution in [1.29, 1.82) is 0 Å². The summed E-state index contributed by atoms with van der Waals surface area (Å²) in [6, 6.07) is 20.3. The van der Waals surface area contributed by atoms with Crippen LogP contribution in [-0.2, 0) is 11.5 Å². The van der Waals surface area contributed by atoms with Crippen LogP contribution in [0, 0.1) is 11.6 Å². The van der Waals surface area contributed by atoms with E-state index in [1.54, 1.807) is 10.9 Å². The van der Waals surface area contributed by atoms with Crippen molar-refractivity contribution in [3.8, 4) is 16.8 Å². The molecule has 0 aliphatic carbocycles. The lowest BCUT2D eigenvalue weighted by molar-refractivity contribution is -0.104. The number of piperazine rings is 1. The van der Waals surface area contributed by atoms with Crippen molar-refractivity contribution < 1.29 is 17.6 Å². The molecule has 2 atom stereocenters. The molecule has 6 aromatic rings. The van der Waals surface area contributed by atoms with E-state index in [9.17, 15) is 18.4 Å². The molecule has 0 radical (unpaired) electrons. The van der Waals surface area contributed by atoms with Crippen LogP contribution in [0.5, 0.6) is 0 Å². The molecule has 53 heavy (non-hydrogen) atoms. The first-order chi connectivity index (χ1) is 25.4. The van der Waals surface area contributed by atoms with Crippen LogP contribution in [0.1, 0.15) is 44.5 Å². The summed E-state index contributed by atoms with van der Waals surface area (Å²) in [5.41, 5.74) is -1.32. The Kier molecular flexibility index (Phi) is 9.22. The number of aromatic nitrogens is 8. The molecule has 1 N–H and O–H groups in total. The SMILES string of the molecule is CCC(C)n1ncn(-c2ccc(N3CCN(c4ccc(-c5ccc(C(F)(F)[C@@](C)(c6ccc(F)cc6F)n6nn[nH]c6=O)nc5)cc4)CC3)cc2)c1=O. The number of aromatic amines is 1. The topological polar surface area (TPSA) is 123 Å². The fourth-order valence-electron chi connectivity index (χ4n) is 6.67. The molecule has 1 unspecified atom stereocenters. The Balaban J connectivity index is 1.03. The van der Waals surface area contributed by atoms with E-state index >= 15 is 8.78 Å². The van der Waals surface area contributed by atoms with Crippen molar-refractivity contribution in [3.05, 3.63) is 135 Å². The van der Waals surface area contributed by atoms with Gasteiger partial charge in [0.25, 0.3) is 0 Å². The number of halogens is 4. The second-order valence-electron chi connectivity index (χ2n) is 13.1. The quantitative estimate of drug-likeness (QED) is 0.184. The molecule has 0 spiro atoms. The van der Waals surface area contributed by atoms with E-state index in [0.29, 0.717) is 16.3 Å². The molecule has 0 bridgehead atoms. The summed E-state index contributed by atoms with van der Waals surface area (Å²) in [6.07, 6.45) is 3.65. The van der Waals surface area contributed by atoms with Gasteiger partial charge in [-0.25, -0.2) is 32.7 Å². The normalized spacial score (nSPS) is 15.4. The third kappa shape index (κ3) is 6.27. The number of anilines is 2. The van der Waals surface area contributed by atoms with Gasteiger partial charge in [-0.2, -0.15) is 18.6 Å². The zero-order valence-electron chi connectivity index (χ0n) is 29.1.